The summed E-state index contributed by atoms with van der Waals surface area (Å²) in [5.41, 5.74) is 0. The Morgan fingerprint density at radius 2 is 1.00 bits per heavy atom. The maximum Gasteiger partial charge on any atom is 3.00 e. The van der Waals surface area contributed by atoms with Crippen molar-refractivity contribution in [3.63, 3.8) is 0 Å². The summed E-state index contributed by atoms with van der Waals surface area (Å²) in [5.74, 6) is 0. The third-order valence-corrected chi connectivity index (χ3v) is 0. The first-order valence-corrected chi connectivity index (χ1v) is 0. The van der Waals surface area contributed by atoms with Crippen molar-refractivity contribution in [1.29, 1.82) is 0 Å². The van der Waals surface area contributed by atoms with Crippen LogP contribution in [0.15, 0.2) is 0 Å². The molecule has 1 radical (unpaired) electrons. The van der Waals surface area contributed by atoms with Gasteiger partial charge < -0.3 is 5.48 Å². The van der Waals surface area contributed by atoms with Gasteiger partial charge in [0.1, 0.15) is 0 Å². The first-order valence-electron chi connectivity index (χ1n) is 0. The van der Waals surface area contributed by atoms with Crippen molar-refractivity contribution in [3.8, 4) is 0 Å². The maximum absolute atomic E-state index is 0. The van der Waals surface area contributed by atoms with Crippen LogP contribution in [-0.4, -0.2) is 83.2 Å². The minimum Gasteiger partial charge on any atom is -2.00 e. The summed E-state index contributed by atoms with van der Waals surface area (Å²) in [5, 5.41) is 0. The molecule has 5 heteroatoms. The molecule has 0 aromatic carbocycles. The van der Waals surface area contributed by atoms with Crippen molar-refractivity contribution in [3.05, 3.63) is 0 Å². The van der Waals surface area contributed by atoms with Crippen LogP contribution in [0, 0.1) is 35.6 Å². The summed E-state index contributed by atoms with van der Waals surface area (Å²) >= 11 is 0. The molecule has 0 amide bonds. The van der Waals surface area contributed by atoms with Crippen LogP contribution in [0.3, 0.4) is 0 Å². The van der Waals surface area contributed by atoms with Crippen LogP contribution >= 0.6 is 0 Å². The third-order valence-electron chi connectivity index (χ3n) is 0. The van der Waals surface area contributed by atoms with E-state index in [9.17, 15) is 0 Å². The molecule has 0 aliphatic carbocycles. The Morgan fingerprint density at radius 1 is 1.00 bits per heavy atom. The van der Waals surface area contributed by atoms with Crippen LogP contribution < -0.4 is 0 Å². The van der Waals surface area contributed by atoms with Gasteiger partial charge in [-0.3, -0.25) is 0 Å². The van der Waals surface area contributed by atoms with Gasteiger partial charge in [-0.15, -0.1) is 0 Å². The minimum absolute atomic E-state index is 0. The van der Waals surface area contributed by atoms with E-state index in [2.05, 4.69) is 0 Å². The second-order valence-electron chi connectivity index (χ2n) is 0. The van der Waals surface area contributed by atoms with Crippen LogP contribution in [0.1, 0.15) is 0 Å². The average molecular weight is 338 g/mol. The zero-order valence-corrected chi connectivity index (χ0v) is 13.3. The van der Waals surface area contributed by atoms with E-state index < -0.39 is 0 Å². The van der Waals surface area contributed by atoms with Crippen LogP contribution in [0.5, 0.6) is 0 Å². The monoisotopic (exact) mass is 338 g/mol. The Hall–Kier alpha value is 4.41. The molecule has 0 bridgehead atoms. The fraction of sp³-hybridized carbons (Fsp3) is 0. The van der Waals surface area contributed by atoms with E-state index in [1.165, 1.54) is 0 Å². The van der Waals surface area contributed by atoms with Crippen LogP contribution in [0.25, 0.3) is 0 Å². The van der Waals surface area contributed by atoms with E-state index in [0.29, 0.717) is 0 Å². The van der Waals surface area contributed by atoms with Gasteiger partial charge in [0.25, 0.3) is 0 Å². The molecule has 0 heterocycles. The number of hydrogen-bond acceptors (Lipinski definition) is 0. The van der Waals surface area contributed by atoms with Gasteiger partial charge in [0.05, 0.1) is 0 Å². The molecule has 0 aromatic rings. The Bertz CT molecular complexity index is 11.6. The number of rotatable bonds is 0. The molecule has 0 atom stereocenters. The Balaban J connectivity index is 0. The standard InChI is InChI=1S/Ca.La.Mn.O.Sr/q+2;+3;+2;-2;+2. The molecule has 1 nitrogen and oxygen atoms in total. The van der Waals surface area contributed by atoms with Crippen molar-refractivity contribution in [2.24, 2.45) is 0 Å². The topological polar surface area (TPSA) is 28.5 Å². The second kappa shape index (κ2) is 23.7. The molecule has 0 aliphatic heterocycles. The molecule has 0 spiro atoms. The molecule has 5 heavy (non-hydrogen) atoms. The van der Waals surface area contributed by atoms with Gasteiger partial charge in [-0.2, -0.15) is 0 Å². The smallest absolute Gasteiger partial charge is 2.00 e. The number of hydrogen-bond donors (Lipinski definition) is 0. The largest absolute Gasteiger partial charge is 3.00 e. The van der Waals surface area contributed by atoms with Gasteiger partial charge in [-0.1, -0.05) is 0 Å². The normalized spacial score (nSPS) is 0. The van der Waals surface area contributed by atoms with Gasteiger partial charge in [0.2, 0.25) is 0 Å². The quantitative estimate of drug-likeness (QED) is 0.514. The fourth-order valence-electron chi connectivity index (χ4n) is 0. The van der Waals surface area contributed by atoms with Crippen molar-refractivity contribution in [2.75, 3.05) is 0 Å². The molecule has 0 saturated heterocycles. The van der Waals surface area contributed by atoms with Gasteiger partial charge in [0.15, 0.2) is 0 Å². The van der Waals surface area contributed by atoms with E-state index in [0.717, 1.165) is 0 Å². The van der Waals surface area contributed by atoms with E-state index in [4.69, 9.17) is 0 Å². The summed E-state index contributed by atoms with van der Waals surface area (Å²) in [6.45, 7) is 0. The van der Waals surface area contributed by atoms with E-state index in [1.54, 1.807) is 0 Å². The van der Waals surface area contributed by atoms with Gasteiger partial charge in [0, 0.05) is 0 Å². The second-order valence-corrected chi connectivity index (χ2v) is 0. The van der Waals surface area contributed by atoms with Crippen LogP contribution in [0.2, 0.25) is 0 Å². The van der Waals surface area contributed by atoms with Gasteiger partial charge in [-0.25, -0.2) is 0 Å². The molecule has 0 saturated carbocycles. The predicted octanol–water partition coefficient (Wildman–Crippen LogP) is -0.883. The van der Waals surface area contributed by atoms with Crippen molar-refractivity contribution in [1.82, 2.24) is 0 Å². The first kappa shape index (κ1) is 34.2. The third kappa shape index (κ3) is 17.8. The molecule has 0 aliphatic rings. The summed E-state index contributed by atoms with van der Waals surface area (Å²) in [7, 11) is 0. The summed E-state index contributed by atoms with van der Waals surface area (Å²) in [6.07, 6.45) is 0. The van der Waals surface area contributed by atoms with Gasteiger partial charge in [-0.05, 0) is 0 Å². The molecule has 0 N–H and O–H groups in total. The van der Waals surface area contributed by atoms with Gasteiger partial charge >= 0.3 is 136 Å². The van der Waals surface area contributed by atoms with Crippen molar-refractivity contribution < 1.29 is 58.1 Å². The van der Waals surface area contributed by atoms with E-state index in [1.807, 2.05) is 0 Å². The van der Waals surface area contributed by atoms with E-state index >= 15 is 0 Å². The van der Waals surface area contributed by atoms with E-state index in [-0.39, 0.29) is 141 Å². The maximum atomic E-state index is 0. The zero-order valence-electron chi connectivity index (χ0n) is 2.78. The van der Waals surface area contributed by atoms with Crippen LogP contribution in [0.4, 0.5) is 0 Å². The summed E-state index contributed by atoms with van der Waals surface area (Å²) in [4.78, 5) is 0. The fourth-order valence-corrected chi connectivity index (χ4v) is 0. The Kier molecular flexibility index (Phi) is 162. The molecule has 0 rings (SSSR count). The predicted molar refractivity (Wildman–Crippen MR) is 12.2 cm³/mol. The molecular weight excluding hydrogens is 338 g/mol. The molecule has 0 aromatic heterocycles. The van der Waals surface area contributed by atoms with Crippen LogP contribution in [-0.2, 0) is 22.5 Å². The van der Waals surface area contributed by atoms with Crippen molar-refractivity contribution >= 4 is 83.2 Å². The van der Waals surface area contributed by atoms with Crippen molar-refractivity contribution in [2.45, 2.75) is 0 Å². The minimum atomic E-state index is 0. The SMILES string of the molecule is [Ca+2].[La+3].[Mn+2].[O-2].[Sr+2]. The average Bonchev–Trinajstić information content (AvgIpc) is 0. The molecule has 13 valence electrons. The Morgan fingerprint density at radius 3 is 1.00 bits per heavy atom. The molecule has 0 unspecified atom stereocenters. The summed E-state index contributed by atoms with van der Waals surface area (Å²) in [6, 6.07) is 0. The Labute approximate surface area is 137 Å². The molecular formula is CaLaMnOSr+7. The molecule has 0 fully saturated rings. The first-order chi connectivity index (χ1) is 0. The summed E-state index contributed by atoms with van der Waals surface area (Å²) < 4.78 is 0. The zero-order chi connectivity index (χ0) is 0.